The van der Waals surface area contributed by atoms with Crippen LogP contribution in [0.25, 0.3) is 0 Å². The van der Waals surface area contributed by atoms with Crippen molar-refractivity contribution in [3.63, 3.8) is 0 Å². The van der Waals surface area contributed by atoms with Crippen LogP contribution in [0.3, 0.4) is 0 Å². The number of amides is 1. The Kier molecular flexibility index (Phi) is 4.67. The molecule has 0 aliphatic rings. The molecule has 20 heavy (non-hydrogen) atoms. The van der Waals surface area contributed by atoms with Gasteiger partial charge in [-0.05, 0) is 52.9 Å². The van der Waals surface area contributed by atoms with Gasteiger partial charge in [-0.15, -0.1) is 0 Å². The third kappa shape index (κ3) is 3.53. The molecule has 1 aromatic heterocycles. The van der Waals surface area contributed by atoms with Crippen molar-refractivity contribution in [2.75, 3.05) is 12.4 Å². The summed E-state index contributed by atoms with van der Waals surface area (Å²) in [6, 6.07) is 10.4. The molecule has 6 heteroatoms. The first-order valence-electron chi connectivity index (χ1n) is 5.71. The van der Waals surface area contributed by atoms with E-state index in [1.54, 1.807) is 6.07 Å². The number of carbonyl (C=O) groups is 2. The van der Waals surface area contributed by atoms with Crippen LogP contribution < -0.4 is 5.32 Å². The Hall–Kier alpha value is -1.96. The van der Waals surface area contributed by atoms with E-state index in [1.807, 2.05) is 18.2 Å². The number of esters is 1. The zero-order valence-corrected chi connectivity index (χ0v) is 12.7. The van der Waals surface area contributed by atoms with Crippen molar-refractivity contribution in [1.29, 1.82) is 0 Å². The van der Waals surface area contributed by atoms with Gasteiger partial charge < -0.3 is 10.1 Å². The van der Waals surface area contributed by atoms with Gasteiger partial charge in [-0.1, -0.05) is 6.07 Å². The highest BCUT2D eigenvalue weighted by molar-refractivity contribution is 14.1. The maximum Gasteiger partial charge on any atom is 0.339 e. The average molecular weight is 382 g/mol. The number of halogens is 1. The fraction of sp³-hybridized carbons (Fsp3) is 0.0714. The molecule has 1 aromatic carbocycles. The van der Waals surface area contributed by atoms with Crippen LogP contribution in [0.1, 0.15) is 20.8 Å². The molecule has 0 bridgehead atoms. The third-order valence-electron chi connectivity index (χ3n) is 2.50. The van der Waals surface area contributed by atoms with Crippen molar-refractivity contribution >= 4 is 40.2 Å². The average Bonchev–Trinajstić information content (AvgIpc) is 2.46. The van der Waals surface area contributed by atoms with E-state index in [0.29, 0.717) is 11.3 Å². The summed E-state index contributed by atoms with van der Waals surface area (Å²) in [6.07, 6.45) is 1.31. The molecule has 102 valence electrons. The van der Waals surface area contributed by atoms with Gasteiger partial charge in [0.25, 0.3) is 5.91 Å². The quantitative estimate of drug-likeness (QED) is 0.655. The second-order valence-electron chi connectivity index (χ2n) is 3.89. The van der Waals surface area contributed by atoms with Crippen molar-refractivity contribution < 1.29 is 14.3 Å². The first-order valence-corrected chi connectivity index (χ1v) is 6.79. The summed E-state index contributed by atoms with van der Waals surface area (Å²) in [7, 11) is 1.29. The molecule has 0 aliphatic heterocycles. The van der Waals surface area contributed by atoms with Crippen LogP contribution in [-0.2, 0) is 4.74 Å². The molecule has 0 fully saturated rings. The number of benzene rings is 1. The molecule has 0 radical (unpaired) electrons. The van der Waals surface area contributed by atoms with E-state index in [1.165, 1.54) is 25.4 Å². The summed E-state index contributed by atoms with van der Waals surface area (Å²) in [5, 5.41) is 2.74. The van der Waals surface area contributed by atoms with Gasteiger partial charge >= 0.3 is 5.97 Å². The van der Waals surface area contributed by atoms with E-state index < -0.39 is 5.97 Å². The monoisotopic (exact) mass is 382 g/mol. The highest BCUT2D eigenvalue weighted by Crippen LogP contribution is 2.13. The Morgan fingerprint density at radius 3 is 2.65 bits per heavy atom. The Bertz CT molecular complexity index is 641. The predicted octanol–water partition coefficient (Wildman–Crippen LogP) is 2.73. The zero-order chi connectivity index (χ0) is 14.5. The van der Waals surface area contributed by atoms with Gasteiger partial charge in [0, 0.05) is 15.5 Å². The van der Waals surface area contributed by atoms with Gasteiger partial charge in [0.05, 0.1) is 12.7 Å². The lowest BCUT2D eigenvalue weighted by Gasteiger charge is -2.05. The van der Waals surface area contributed by atoms with Crippen molar-refractivity contribution in [3.8, 4) is 0 Å². The first kappa shape index (κ1) is 14.4. The number of nitrogens with one attached hydrogen (secondary N) is 1. The topological polar surface area (TPSA) is 68.3 Å². The van der Waals surface area contributed by atoms with Crippen LogP contribution in [0.15, 0.2) is 42.6 Å². The molecule has 2 aromatic rings. The van der Waals surface area contributed by atoms with Crippen molar-refractivity contribution in [1.82, 2.24) is 4.98 Å². The lowest BCUT2D eigenvalue weighted by atomic mass is 10.2. The predicted molar refractivity (Wildman–Crippen MR) is 82.7 cm³/mol. The number of methoxy groups -OCH3 is 1. The molecule has 0 unspecified atom stereocenters. The van der Waals surface area contributed by atoms with Gasteiger partial charge in [-0.3, -0.25) is 9.78 Å². The van der Waals surface area contributed by atoms with Crippen LogP contribution in [0.5, 0.6) is 0 Å². The molecule has 1 N–H and O–H groups in total. The van der Waals surface area contributed by atoms with E-state index in [2.05, 4.69) is 37.6 Å². The lowest BCUT2D eigenvalue weighted by Crippen LogP contribution is -2.14. The molecule has 0 saturated carbocycles. The van der Waals surface area contributed by atoms with Gasteiger partial charge in [0.2, 0.25) is 0 Å². The van der Waals surface area contributed by atoms with E-state index in [-0.39, 0.29) is 11.6 Å². The number of hydrogen-bond acceptors (Lipinski definition) is 4. The molecule has 0 spiro atoms. The second-order valence-corrected chi connectivity index (χ2v) is 5.13. The summed E-state index contributed by atoms with van der Waals surface area (Å²) in [5.74, 6) is -0.814. The fourth-order valence-electron chi connectivity index (χ4n) is 1.53. The number of carbonyl (C=O) groups excluding carboxylic acids is 2. The lowest BCUT2D eigenvalue weighted by molar-refractivity contribution is 0.0600. The number of aromatic nitrogens is 1. The molecular weight excluding hydrogens is 371 g/mol. The summed E-state index contributed by atoms with van der Waals surface area (Å²) >= 11 is 2.16. The molecule has 1 amide bonds. The van der Waals surface area contributed by atoms with E-state index in [4.69, 9.17) is 0 Å². The summed E-state index contributed by atoms with van der Waals surface area (Å²) < 4.78 is 5.59. The van der Waals surface area contributed by atoms with Crippen molar-refractivity contribution in [2.24, 2.45) is 0 Å². The molecule has 2 rings (SSSR count). The molecule has 0 atom stereocenters. The molecule has 0 aliphatic carbocycles. The number of ether oxygens (including phenoxy) is 1. The summed E-state index contributed by atoms with van der Waals surface area (Å²) in [5.41, 5.74) is 1.23. The minimum atomic E-state index is -0.484. The van der Waals surface area contributed by atoms with Crippen LogP contribution in [0.4, 0.5) is 5.69 Å². The molecule has 0 saturated heterocycles. The smallest absolute Gasteiger partial charge is 0.339 e. The molecule has 5 nitrogen and oxygen atoms in total. The SMILES string of the molecule is COC(=O)c1ccc(C(=O)Nc2cccc(I)c2)nc1. The maximum absolute atomic E-state index is 12.0. The summed E-state index contributed by atoms with van der Waals surface area (Å²) in [6.45, 7) is 0. The van der Waals surface area contributed by atoms with Gasteiger partial charge in [0.1, 0.15) is 5.69 Å². The van der Waals surface area contributed by atoms with Gasteiger partial charge in [0.15, 0.2) is 0 Å². The normalized spacial score (nSPS) is 9.90. The minimum absolute atomic E-state index is 0.233. The van der Waals surface area contributed by atoms with E-state index in [0.717, 1.165) is 3.57 Å². The van der Waals surface area contributed by atoms with E-state index >= 15 is 0 Å². The fourth-order valence-corrected chi connectivity index (χ4v) is 2.07. The standard InChI is InChI=1S/C14H11IN2O3/c1-20-14(19)9-5-6-12(16-8-9)13(18)17-11-4-2-3-10(15)7-11/h2-8H,1H3,(H,17,18). The Morgan fingerprint density at radius 1 is 1.25 bits per heavy atom. The van der Waals surface area contributed by atoms with Crippen LogP contribution in [-0.4, -0.2) is 24.0 Å². The van der Waals surface area contributed by atoms with Crippen LogP contribution >= 0.6 is 22.6 Å². The third-order valence-corrected chi connectivity index (χ3v) is 3.17. The van der Waals surface area contributed by atoms with Gasteiger partial charge in [-0.25, -0.2) is 4.79 Å². The number of rotatable bonds is 3. The minimum Gasteiger partial charge on any atom is -0.465 e. The largest absolute Gasteiger partial charge is 0.465 e. The zero-order valence-electron chi connectivity index (χ0n) is 10.6. The molecule has 1 heterocycles. The highest BCUT2D eigenvalue weighted by atomic mass is 127. The summed E-state index contributed by atoms with van der Waals surface area (Å²) in [4.78, 5) is 27.2. The first-order chi connectivity index (χ1) is 9.60. The van der Waals surface area contributed by atoms with Gasteiger partial charge in [-0.2, -0.15) is 0 Å². The molecular formula is C14H11IN2O3. The number of anilines is 1. The Labute approximate surface area is 129 Å². The number of nitrogens with zero attached hydrogens (tertiary/aromatic N) is 1. The number of hydrogen-bond donors (Lipinski definition) is 1. The number of pyridine rings is 1. The van der Waals surface area contributed by atoms with Crippen LogP contribution in [0, 0.1) is 3.57 Å². The van der Waals surface area contributed by atoms with Crippen molar-refractivity contribution in [2.45, 2.75) is 0 Å². The highest BCUT2D eigenvalue weighted by Gasteiger charge is 2.10. The van der Waals surface area contributed by atoms with E-state index in [9.17, 15) is 9.59 Å². The van der Waals surface area contributed by atoms with Crippen molar-refractivity contribution in [3.05, 3.63) is 57.4 Å². The Balaban J connectivity index is 2.11. The second kappa shape index (κ2) is 6.47. The maximum atomic E-state index is 12.0. The van der Waals surface area contributed by atoms with Crippen LogP contribution in [0.2, 0.25) is 0 Å². The Morgan fingerprint density at radius 2 is 2.05 bits per heavy atom.